The number of benzene rings is 2. The highest BCUT2D eigenvalue weighted by Gasteiger charge is 2.16. The van der Waals surface area contributed by atoms with Crippen molar-refractivity contribution >= 4 is 23.4 Å². The zero-order valence-corrected chi connectivity index (χ0v) is 18.0. The molecular weight excluding hydrogens is 384 g/mol. The molecule has 6 nitrogen and oxygen atoms in total. The van der Waals surface area contributed by atoms with Crippen molar-refractivity contribution in [3.05, 3.63) is 54.1 Å². The lowest BCUT2D eigenvalue weighted by molar-refractivity contribution is -0.113. The molecule has 0 saturated heterocycles. The lowest BCUT2D eigenvalue weighted by atomic mass is 9.99. The fourth-order valence-electron chi connectivity index (χ4n) is 2.96. The largest absolute Gasteiger partial charge is 0.496 e. The van der Waals surface area contributed by atoms with E-state index >= 15 is 0 Å². The number of nitrogens with zero attached hydrogens (tertiary/aromatic N) is 3. The number of amides is 1. The highest BCUT2D eigenvalue weighted by Crippen LogP contribution is 2.30. The van der Waals surface area contributed by atoms with E-state index in [4.69, 9.17) is 4.74 Å². The van der Waals surface area contributed by atoms with Gasteiger partial charge in [-0.3, -0.25) is 4.79 Å². The SMILES string of the molecule is CC[C@H](C)c1ccc(NC(=O)CSc2nnc(-c3ccccc3OC)n2C)cc1. The number of thioether (sulfide) groups is 1. The number of carbonyl (C=O) groups is 1. The van der Waals surface area contributed by atoms with Crippen molar-refractivity contribution in [2.75, 3.05) is 18.2 Å². The maximum absolute atomic E-state index is 12.3. The molecule has 1 N–H and O–H groups in total. The van der Waals surface area contributed by atoms with Crippen LogP contribution in [0.15, 0.2) is 53.7 Å². The molecule has 1 amide bonds. The minimum absolute atomic E-state index is 0.0758. The summed E-state index contributed by atoms with van der Waals surface area (Å²) in [4.78, 5) is 12.3. The Balaban J connectivity index is 1.62. The number of hydrogen-bond donors (Lipinski definition) is 1. The van der Waals surface area contributed by atoms with Crippen molar-refractivity contribution < 1.29 is 9.53 Å². The Hall–Kier alpha value is -2.80. The molecule has 0 aliphatic carbocycles. The van der Waals surface area contributed by atoms with Gasteiger partial charge in [0.15, 0.2) is 11.0 Å². The number of methoxy groups -OCH3 is 1. The fraction of sp³-hybridized carbons (Fsp3) is 0.318. The van der Waals surface area contributed by atoms with Crippen molar-refractivity contribution in [3.63, 3.8) is 0 Å². The predicted octanol–water partition coefficient (Wildman–Crippen LogP) is 4.74. The van der Waals surface area contributed by atoms with Crippen LogP contribution in [-0.2, 0) is 11.8 Å². The van der Waals surface area contributed by atoms with Crippen LogP contribution in [0.4, 0.5) is 5.69 Å². The molecule has 0 saturated carbocycles. The van der Waals surface area contributed by atoms with Crippen LogP contribution in [0.5, 0.6) is 5.75 Å². The Morgan fingerprint density at radius 1 is 1.17 bits per heavy atom. The van der Waals surface area contributed by atoms with Gasteiger partial charge in [0.1, 0.15) is 5.75 Å². The molecule has 7 heteroatoms. The number of ether oxygens (including phenoxy) is 1. The van der Waals surface area contributed by atoms with E-state index in [1.807, 2.05) is 48.0 Å². The van der Waals surface area contributed by atoms with Gasteiger partial charge in [0.2, 0.25) is 5.91 Å². The first-order chi connectivity index (χ1) is 14.0. The van der Waals surface area contributed by atoms with Crippen molar-refractivity contribution in [2.24, 2.45) is 7.05 Å². The predicted molar refractivity (Wildman–Crippen MR) is 117 cm³/mol. The molecule has 1 atom stereocenters. The van der Waals surface area contributed by atoms with E-state index in [9.17, 15) is 4.79 Å². The van der Waals surface area contributed by atoms with Crippen LogP contribution in [0.3, 0.4) is 0 Å². The van der Waals surface area contributed by atoms with Gasteiger partial charge >= 0.3 is 0 Å². The van der Waals surface area contributed by atoms with Gasteiger partial charge in [0.05, 0.1) is 18.4 Å². The summed E-state index contributed by atoms with van der Waals surface area (Å²) in [5.41, 5.74) is 2.95. The third-order valence-corrected chi connectivity index (χ3v) is 5.91. The maximum atomic E-state index is 12.3. The van der Waals surface area contributed by atoms with Gasteiger partial charge in [-0.25, -0.2) is 0 Å². The number of carbonyl (C=O) groups excluding carboxylic acids is 1. The summed E-state index contributed by atoms with van der Waals surface area (Å²) in [5, 5.41) is 12.1. The number of hydrogen-bond acceptors (Lipinski definition) is 5. The van der Waals surface area contributed by atoms with E-state index < -0.39 is 0 Å². The standard InChI is InChI=1S/C22H26N4O2S/c1-5-15(2)16-10-12-17(13-11-16)23-20(27)14-29-22-25-24-21(26(22)3)18-8-6-7-9-19(18)28-4/h6-13,15H,5,14H2,1-4H3,(H,23,27)/t15-/m0/s1. The highest BCUT2D eigenvalue weighted by atomic mass is 32.2. The first kappa shape index (κ1) is 20.9. The second kappa shape index (κ2) is 9.60. The lowest BCUT2D eigenvalue weighted by Gasteiger charge is -2.10. The number of anilines is 1. The molecule has 0 fully saturated rings. The zero-order chi connectivity index (χ0) is 20.8. The lowest BCUT2D eigenvalue weighted by Crippen LogP contribution is -2.14. The van der Waals surface area contributed by atoms with Crippen LogP contribution in [0.25, 0.3) is 11.4 Å². The molecular formula is C22H26N4O2S. The molecule has 0 spiro atoms. The maximum Gasteiger partial charge on any atom is 0.234 e. The second-order valence-corrected chi connectivity index (χ2v) is 7.78. The number of nitrogens with one attached hydrogen (secondary N) is 1. The summed E-state index contributed by atoms with van der Waals surface area (Å²) in [6.45, 7) is 4.37. The van der Waals surface area contributed by atoms with Gasteiger partial charge in [0.25, 0.3) is 0 Å². The van der Waals surface area contributed by atoms with Gasteiger partial charge in [-0.2, -0.15) is 0 Å². The van der Waals surface area contributed by atoms with Gasteiger partial charge in [-0.05, 0) is 42.2 Å². The van der Waals surface area contributed by atoms with E-state index in [-0.39, 0.29) is 11.7 Å². The fourth-order valence-corrected chi connectivity index (χ4v) is 3.67. The molecule has 1 aromatic heterocycles. The Morgan fingerprint density at radius 3 is 2.59 bits per heavy atom. The quantitative estimate of drug-likeness (QED) is 0.544. The highest BCUT2D eigenvalue weighted by molar-refractivity contribution is 7.99. The minimum Gasteiger partial charge on any atom is -0.496 e. The van der Waals surface area contributed by atoms with Crippen LogP contribution in [0, 0.1) is 0 Å². The number of para-hydroxylation sites is 1. The molecule has 0 bridgehead atoms. The van der Waals surface area contributed by atoms with Gasteiger partial charge < -0.3 is 14.6 Å². The van der Waals surface area contributed by atoms with E-state index in [2.05, 4.69) is 41.5 Å². The smallest absolute Gasteiger partial charge is 0.234 e. The molecule has 1 heterocycles. The molecule has 0 unspecified atom stereocenters. The van der Waals surface area contributed by atoms with Crippen molar-refractivity contribution in [2.45, 2.75) is 31.3 Å². The van der Waals surface area contributed by atoms with Crippen LogP contribution >= 0.6 is 11.8 Å². The average molecular weight is 411 g/mol. The van der Waals surface area contributed by atoms with Crippen LogP contribution in [0.2, 0.25) is 0 Å². The van der Waals surface area contributed by atoms with E-state index in [1.165, 1.54) is 17.3 Å². The number of aromatic nitrogens is 3. The van der Waals surface area contributed by atoms with Gasteiger partial charge in [-0.15, -0.1) is 10.2 Å². The monoisotopic (exact) mass is 410 g/mol. The Bertz CT molecular complexity index is 969. The molecule has 29 heavy (non-hydrogen) atoms. The average Bonchev–Trinajstić information content (AvgIpc) is 3.12. The Labute approximate surface area is 175 Å². The molecule has 0 aliphatic heterocycles. The zero-order valence-electron chi connectivity index (χ0n) is 17.2. The van der Waals surface area contributed by atoms with Crippen molar-refractivity contribution in [1.82, 2.24) is 14.8 Å². The summed E-state index contributed by atoms with van der Waals surface area (Å²) in [6, 6.07) is 15.7. The van der Waals surface area contributed by atoms with Crippen LogP contribution in [-0.4, -0.2) is 33.5 Å². The topological polar surface area (TPSA) is 69.0 Å². The van der Waals surface area contributed by atoms with Crippen molar-refractivity contribution in [1.29, 1.82) is 0 Å². The molecule has 0 aliphatic rings. The minimum atomic E-state index is -0.0758. The Morgan fingerprint density at radius 2 is 1.90 bits per heavy atom. The summed E-state index contributed by atoms with van der Waals surface area (Å²) in [6.07, 6.45) is 1.09. The second-order valence-electron chi connectivity index (χ2n) is 6.83. The van der Waals surface area contributed by atoms with Crippen LogP contribution < -0.4 is 10.1 Å². The number of rotatable bonds is 8. The third-order valence-electron chi connectivity index (χ3n) is 4.89. The molecule has 3 rings (SSSR count). The van der Waals surface area contributed by atoms with Gasteiger partial charge in [0, 0.05) is 12.7 Å². The van der Waals surface area contributed by atoms with E-state index in [0.717, 1.165) is 23.4 Å². The molecule has 0 radical (unpaired) electrons. The summed E-state index contributed by atoms with van der Waals surface area (Å²) in [7, 11) is 3.51. The Kier molecular flexibility index (Phi) is 6.93. The molecule has 2 aromatic carbocycles. The summed E-state index contributed by atoms with van der Waals surface area (Å²) >= 11 is 1.35. The normalized spacial score (nSPS) is 11.9. The van der Waals surface area contributed by atoms with E-state index in [1.54, 1.807) is 7.11 Å². The molecule has 3 aromatic rings. The summed E-state index contributed by atoms with van der Waals surface area (Å²) in [5.74, 6) is 2.13. The molecule has 152 valence electrons. The van der Waals surface area contributed by atoms with Crippen LogP contribution in [0.1, 0.15) is 31.7 Å². The third kappa shape index (κ3) is 4.98. The first-order valence-electron chi connectivity index (χ1n) is 9.58. The van der Waals surface area contributed by atoms with Crippen molar-refractivity contribution in [3.8, 4) is 17.1 Å². The van der Waals surface area contributed by atoms with E-state index in [0.29, 0.717) is 16.9 Å². The van der Waals surface area contributed by atoms with Gasteiger partial charge in [-0.1, -0.05) is 49.9 Å². The summed E-state index contributed by atoms with van der Waals surface area (Å²) < 4.78 is 7.28. The first-order valence-corrected chi connectivity index (χ1v) is 10.6.